The van der Waals surface area contributed by atoms with Gasteiger partial charge in [0.25, 0.3) is 0 Å². The highest BCUT2D eigenvalue weighted by atomic mass is 32.2. The molecule has 0 fully saturated rings. The average molecular weight is 534 g/mol. The van der Waals surface area contributed by atoms with Crippen molar-refractivity contribution in [3.63, 3.8) is 0 Å². The van der Waals surface area contributed by atoms with E-state index in [9.17, 15) is 18.0 Å². The molecule has 9 nitrogen and oxygen atoms in total. The molecule has 0 aliphatic rings. The van der Waals surface area contributed by atoms with Gasteiger partial charge in [0.05, 0.1) is 26.2 Å². The van der Waals surface area contributed by atoms with E-state index >= 15 is 0 Å². The number of ether oxygens (including phenoxy) is 2. The van der Waals surface area contributed by atoms with Gasteiger partial charge >= 0.3 is 0 Å². The van der Waals surface area contributed by atoms with Crippen LogP contribution < -0.4 is 19.1 Å². The minimum atomic E-state index is -3.56. The molecule has 0 saturated carbocycles. The second-order valence-corrected chi connectivity index (χ2v) is 10.7. The summed E-state index contributed by atoms with van der Waals surface area (Å²) in [5.41, 5.74) is 1.35. The van der Waals surface area contributed by atoms with Gasteiger partial charge in [-0.05, 0) is 61.7 Å². The first-order valence-corrected chi connectivity index (χ1v) is 14.3. The maximum atomic E-state index is 13.3. The summed E-state index contributed by atoms with van der Waals surface area (Å²) in [5, 5.41) is 2.90. The van der Waals surface area contributed by atoms with Gasteiger partial charge in [0.15, 0.2) is 0 Å². The summed E-state index contributed by atoms with van der Waals surface area (Å²) in [4.78, 5) is 27.7. The second kappa shape index (κ2) is 14.5. The summed E-state index contributed by atoms with van der Waals surface area (Å²) in [6.07, 6.45) is 3.33. The minimum absolute atomic E-state index is 0.0882. The molecule has 2 aromatic rings. The van der Waals surface area contributed by atoms with Gasteiger partial charge in [0.1, 0.15) is 17.5 Å². The smallest absolute Gasteiger partial charge is 0.242 e. The molecule has 1 atom stereocenters. The molecule has 1 N–H and O–H groups in total. The highest BCUT2D eigenvalue weighted by molar-refractivity contribution is 7.92. The van der Waals surface area contributed by atoms with Gasteiger partial charge in [-0.3, -0.25) is 13.9 Å². The Morgan fingerprint density at radius 1 is 0.946 bits per heavy atom. The van der Waals surface area contributed by atoms with Gasteiger partial charge in [-0.2, -0.15) is 0 Å². The highest BCUT2D eigenvalue weighted by Crippen LogP contribution is 2.22. The Bertz CT molecular complexity index is 1100. The number of sulfonamides is 1. The second-order valence-electron chi connectivity index (χ2n) is 8.83. The Balaban J connectivity index is 2.14. The molecule has 204 valence electrons. The zero-order chi connectivity index (χ0) is 27.4. The molecule has 0 radical (unpaired) electrons. The van der Waals surface area contributed by atoms with Crippen LogP contribution >= 0.6 is 0 Å². The minimum Gasteiger partial charge on any atom is -0.497 e. The molecule has 2 aromatic carbocycles. The maximum absolute atomic E-state index is 13.3. The predicted molar refractivity (Wildman–Crippen MR) is 145 cm³/mol. The largest absolute Gasteiger partial charge is 0.497 e. The number of unbranched alkanes of at least 4 members (excludes halogenated alkanes) is 1. The Labute approximate surface area is 220 Å². The summed E-state index contributed by atoms with van der Waals surface area (Å²) >= 11 is 0. The van der Waals surface area contributed by atoms with Crippen molar-refractivity contribution in [1.82, 2.24) is 10.2 Å². The van der Waals surface area contributed by atoms with E-state index in [4.69, 9.17) is 9.47 Å². The maximum Gasteiger partial charge on any atom is 0.242 e. The summed E-state index contributed by atoms with van der Waals surface area (Å²) in [6.45, 7) is 4.68. The third kappa shape index (κ3) is 9.27. The molecule has 0 saturated heterocycles. The highest BCUT2D eigenvalue weighted by Gasteiger charge is 2.26. The van der Waals surface area contributed by atoms with Crippen LogP contribution in [-0.4, -0.2) is 64.7 Å². The normalized spacial score (nSPS) is 11.9. The number of nitrogens with one attached hydrogen (secondary N) is 1. The number of anilines is 1. The molecule has 10 heteroatoms. The third-order valence-electron chi connectivity index (χ3n) is 6.02. The molecule has 37 heavy (non-hydrogen) atoms. The lowest BCUT2D eigenvalue weighted by Crippen LogP contribution is -2.47. The van der Waals surface area contributed by atoms with Gasteiger partial charge in [-0.25, -0.2) is 8.42 Å². The fourth-order valence-corrected chi connectivity index (χ4v) is 4.76. The molecule has 0 bridgehead atoms. The standard InChI is InChI=1S/C27H39N3O6S/c1-6-7-18-28-27(32)21(2)29(20-22-10-14-24(35-3)15-11-22)26(31)9-8-19-30(37(5,33)34)23-12-16-25(36-4)17-13-23/h10-17,21H,6-9,18-20H2,1-5H3,(H,28,32)/t21-/m1/s1. The van der Waals surface area contributed by atoms with Gasteiger partial charge in [0.2, 0.25) is 21.8 Å². The van der Waals surface area contributed by atoms with E-state index in [-0.39, 0.29) is 31.3 Å². The van der Waals surface area contributed by atoms with Crippen LogP contribution in [0.5, 0.6) is 11.5 Å². The van der Waals surface area contributed by atoms with Gasteiger partial charge < -0.3 is 19.7 Å². The third-order valence-corrected chi connectivity index (χ3v) is 7.22. The topological polar surface area (TPSA) is 105 Å². The number of rotatable bonds is 15. The summed E-state index contributed by atoms with van der Waals surface area (Å²) in [5.74, 6) is 0.877. The van der Waals surface area contributed by atoms with Crippen molar-refractivity contribution in [3.8, 4) is 11.5 Å². The first-order chi connectivity index (χ1) is 17.6. The number of carbonyl (C=O) groups is 2. The fourth-order valence-electron chi connectivity index (χ4n) is 3.80. The van der Waals surface area contributed by atoms with E-state index in [0.29, 0.717) is 30.2 Å². The monoisotopic (exact) mass is 533 g/mol. The van der Waals surface area contributed by atoms with Crippen molar-refractivity contribution in [3.05, 3.63) is 54.1 Å². The van der Waals surface area contributed by atoms with Crippen LogP contribution in [-0.2, 0) is 26.2 Å². The molecular weight excluding hydrogens is 494 g/mol. The number of benzene rings is 2. The summed E-state index contributed by atoms with van der Waals surface area (Å²) in [7, 11) is -0.440. The van der Waals surface area contributed by atoms with Gasteiger partial charge in [-0.15, -0.1) is 0 Å². The number of methoxy groups -OCH3 is 2. The average Bonchev–Trinajstić information content (AvgIpc) is 2.89. The van der Waals surface area contributed by atoms with Gasteiger partial charge in [-0.1, -0.05) is 25.5 Å². The SMILES string of the molecule is CCCCNC(=O)[C@@H](C)N(Cc1ccc(OC)cc1)C(=O)CCCN(c1ccc(OC)cc1)S(C)(=O)=O. The molecule has 0 spiro atoms. The van der Waals surface area contributed by atoms with Gasteiger partial charge in [0, 0.05) is 26.1 Å². The number of hydrogen-bond acceptors (Lipinski definition) is 6. The van der Waals surface area contributed by atoms with Crippen LogP contribution in [0, 0.1) is 0 Å². The number of hydrogen-bond donors (Lipinski definition) is 1. The first kappa shape index (κ1) is 30.0. The van der Waals surface area contributed by atoms with Crippen LogP contribution in [0.4, 0.5) is 5.69 Å². The van der Waals surface area contributed by atoms with Crippen LogP contribution in [0.25, 0.3) is 0 Å². The Morgan fingerprint density at radius 2 is 1.51 bits per heavy atom. The zero-order valence-corrected chi connectivity index (χ0v) is 23.2. The molecular formula is C27H39N3O6S. The molecule has 0 heterocycles. The Morgan fingerprint density at radius 3 is 2.03 bits per heavy atom. The first-order valence-electron chi connectivity index (χ1n) is 12.4. The van der Waals surface area contributed by atoms with Crippen LogP contribution in [0.15, 0.2) is 48.5 Å². The molecule has 0 unspecified atom stereocenters. The van der Waals surface area contributed by atoms with E-state index in [0.717, 1.165) is 24.7 Å². The quantitative estimate of drug-likeness (QED) is 0.351. The summed E-state index contributed by atoms with van der Waals surface area (Å²) < 4.78 is 36.5. The molecule has 2 rings (SSSR count). The van der Waals surface area contributed by atoms with Crippen molar-refractivity contribution >= 4 is 27.5 Å². The predicted octanol–water partition coefficient (Wildman–Crippen LogP) is 3.58. The van der Waals surface area contributed by atoms with Crippen molar-refractivity contribution in [2.24, 2.45) is 0 Å². The van der Waals surface area contributed by atoms with Crippen LogP contribution in [0.1, 0.15) is 45.1 Å². The summed E-state index contributed by atoms with van der Waals surface area (Å²) in [6, 6.07) is 13.4. The molecule has 2 amide bonds. The fraction of sp³-hybridized carbons (Fsp3) is 0.481. The lowest BCUT2D eigenvalue weighted by Gasteiger charge is -2.29. The lowest BCUT2D eigenvalue weighted by molar-refractivity contribution is -0.140. The Kier molecular flexibility index (Phi) is 11.7. The molecule has 0 aromatic heterocycles. The van der Waals surface area contributed by atoms with Crippen molar-refractivity contribution in [2.45, 2.75) is 52.1 Å². The molecule has 0 aliphatic carbocycles. The molecule has 0 aliphatic heterocycles. The lowest BCUT2D eigenvalue weighted by atomic mass is 10.1. The van der Waals surface area contributed by atoms with E-state index in [1.54, 1.807) is 43.2 Å². The Hall–Kier alpha value is -3.27. The number of carbonyl (C=O) groups excluding carboxylic acids is 2. The zero-order valence-electron chi connectivity index (χ0n) is 22.4. The van der Waals surface area contributed by atoms with Crippen molar-refractivity contribution < 1.29 is 27.5 Å². The van der Waals surface area contributed by atoms with Crippen LogP contribution in [0.2, 0.25) is 0 Å². The number of nitrogens with zero attached hydrogens (tertiary/aromatic N) is 2. The van der Waals surface area contributed by atoms with E-state index in [2.05, 4.69) is 5.32 Å². The van der Waals surface area contributed by atoms with Crippen molar-refractivity contribution in [1.29, 1.82) is 0 Å². The van der Waals surface area contributed by atoms with Crippen molar-refractivity contribution in [2.75, 3.05) is 37.9 Å². The number of amides is 2. The van der Waals surface area contributed by atoms with E-state index in [1.807, 2.05) is 31.2 Å². The van der Waals surface area contributed by atoms with E-state index < -0.39 is 16.1 Å². The van der Waals surface area contributed by atoms with Crippen LogP contribution in [0.3, 0.4) is 0 Å². The van der Waals surface area contributed by atoms with E-state index in [1.165, 1.54) is 11.4 Å².